The number of alkyl halides is 1. The van der Waals surface area contributed by atoms with Crippen LogP contribution in [0, 0.1) is 5.92 Å². The van der Waals surface area contributed by atoms with Gasteiger partial charge in [-0.1, -0.05) is 13.8 Å². The van der Waals surface area contributed by atoms with Gasteiger partial charge >= 0.3 is 0 Å². The van der Waals surface area contributed by atoms with Crippen LogP contribution in [0.4, 0.5) is 0 Å². The summed E-state index contributed by atoms with van der Waals surface area (Å²) in [6.45, 7) is 5.36. The van der Waals surface area contributed by atoms with E-state index in [4.69, 9.17) is 11.6 Å². The monoisotopic (exact) mass is 208 g/mol. The van der Waals surface area contributed by atoms with Gasteiger partial charge in [-0.25, -0.2) is 4.98 Å². The van der Waals surface area contributed by atoms with Gasteiger partial charge in [0.05, 0.1) is 17.9 Å². The van der Waals surface area contributed by atoms with Gasteiger partial charge in [0.1, 0.15) is 0 Å². The molecule has 1 aromatic heterocycles. The molecule has 0 spiro atoms. The van der Waals surface area contributed by atoms with Crippen molar-refractivity contribution in [3.8, 4) is 0 Å². The summed E-state index contributed by atoms with van der Waals surface area (Å²) < 4.78 is 2.09. The van der Waals surface area contributed by atoms with E-state index in [0.717, 1.165) is 12.2 Å². The van der Waals surface area contributed by atoms with E-state index in [9.17, 15) is 0 Å². The molecule has 70 valence electrons. The normalized spacial score (nSPS) is 10.0. The molecule has 0 aromatic carbocycles. The van der Waals surface area contributed by atoms with Gasteiger partial charge in [-0.15, -0.1) is 24.0 Å². The molecule has 0 aliphatic rings. The predicted octanol–water partition coefficient (Wildman–Crippen LogP) is 2.70. The highest BCUT2D eigenvalue weighted by molar-refractivity contribution is 6.16. The topological polar surface area (TPSA) is 17.8 Å². The first kappa shape index (κ1) is 11.8. The number of rotatable bonds is 3. The molecule has 1 rings (SSSR count). The van der Waals surface area contributed by atoms with Gasteiger partial charge < -0.3 is 4.57 Å². The Morgan fingerprint density at radius 3 is 2.75 bits per heavy atom. The van der Waals surface area contributed by atoms with Crippen molar-refractivity contribution < 1.29 is 0 Å². The maximum atomic E-state index is 5.70. The van der Waals surface area contributed by atoms with Crippen molar-refractivity contribution in [2.24, 2.45) is 5.92 Å². The quantitative estimate of drug-likeness (QED) is 0.700. The van der Waals surface area contributed by atoms with Crippen LogP contribution in [0.15, 0.2) is 12.5 Å². The number of hydrogen-bond donors (Lipinski definition) is 0. The average molecular weight is 209 g/mol. The summed E-state index contributed by atoms with van der Waals surface area (Å²) in [5.41, 5.74) is 1.10. The summed E-state index contributed by atoms with van der Waals surface area (Å²) in [5.74, 6) is 1.19. The van der Waals surface area contributed by atoms with Crippen molar-refractivity contribution in [2.75, 3.05) is 0 Å². The van der Waals surface area contributed by atoms with Gasteiger partial charge in [0, 0.05) is 12.7 Å². The van der Waals surface area contributed by atoms with Gasteiger partial charge in [0.25, 0.3) is 0 Å². The standard InChI is InChI=1S/C8H13ClN2.ClH/c1-7(2)5-11-6-10-4-8(11)3-9;/h4,6-7H,3,5H2,1-2H3;1H. The Kier molecular flexibility index (Phi) is 5.34. The van der Waals surface area contributed by atoms with Crippen molar-refractivity contribution in [2.45, 2.75) is 26.3 Å². The summed E-state index contributed by atoms with van der Waals surface area (Å²) >= 11 is 5.70. The minimum atomic E-state index is 0. The van der Waals surface area contributed by atoms with E-state index in [-0.39, 0.29) is 12.4 Å². The molecule has 12 heavy (non-hydrogen) atoms. The van der Waals surface area contributed by atoms with E-state index < -0.39 is 0 Å². The lowest BCUT2D eigenvalue weighted by atomic mass is 10.2. The van der Waals surface area contributed by atoms with Crippen LogP contribution in [0.5, 0.6) is 0 Å². The Morgan fingerprint density at radius 2 is 2.25 bits per heavy atom. The van der Waals surface area contributed by atoms with E-state index in [1.54, 1.807) is 0 Å². The molecule has 1 heterocycles. The average Bonchev–Trinajstić information content (AvgIpc) is 2.34. The molecular formula is C8H14Cl2N2. The van der Waals surface area contributed by atoms with Gasteiger partial charge in [-0.3, -0.25) is 0 Å². The summed E-state index contributed by atoms with van der Waals surface area (Å²) in [4.78, 5) is 4.02. The highest BCUT2D eigenvalue weighted by atomic mass is 35.5. The number of halogens is 2. The molecule has 1 aromatic rings. The molecule has 0 saturated heterocycles. The van der Waals surface area contributed by atoms with Crippen LogP contribution in [-0.4, -0.2) is 9.55 Å². The molecule has 0 bridgehead atoms. The zero-order valence-electron chi connectivity index (χ0n) is 7.33. The molecule has 0 aliphatic carbocycles. The van der Waals surface area contributed by atoms with Crippen LogP contribution >= 0.6 is 24.0 Å². The highest BCUT2D eigenvalue weighted by Crippen LogP contribution is 2.06. The fraction of sp³-hybridized carbons (Fsp3) is 0.625. The minimum Gasteiger partial charge on any atom is -0.333 e. The van der Waals surface area contributed by atoms with Crippen molar-refractivity contribution in [1.82, 2.24) is 9.55 Å². The third-order valence-electron chi connectivity index (χ3n) is 1.50. The van der Waals surface area contributed by atoms with Crippen LogP contribution < -0.4 is 0 Å². The van der Waals surface area contributed by atoms with Crippen molar-refractivity contribution >= 4 is 24.0 Å². The van der Waals surface area contributed by atoms with Crippen LogP contribution in [-0.2, 0) is 12.4 Å². The lowest BCUT2D eigenvalue weighted by Crippen LogP contribution is -2.05. The van der Waals surface area contributed by atoms with Gasteiger partial charge in [0.15, 0.2) is 0 Å². The van der Waals surface area contributed by atoms with Gasteiger partial charge in [-0.2, -0.15) is 0 Å². The molecule has 0 unspecified atom stereocenters. The van der Waals surface area contributed by atoms with Crippen molar-refractivity contribution in [3.05, 3.63) is 18.2 Å². The number of imidazole rings is 1. The van der Waals surface area contributed by atoms with Crippen LogP contribution in [0.3, 0.4) is 0 Å². The maximum Gasteiger partial charge on any atom is 0.0948 e. The lowest BCUT2D eigenvalue weighted by Gasteiger charge is -2.07. The molecule has 0 aliphatic heterocycles. The second-order valence-electron chi connectivity index (χ2n) is 3.06. The fourth-order valence-electron chi connectivity index (χ4n) is 1.02. The number of nitrogens with zero attached hydrogens (tertiary/aromatic N) is 2. The lowest BCUT2D eigenvalue weighted by molar-refractivity contribution is 0.514. The van der Waals surface area contributed by atoms with Crippen LogP contribution in [0.25, 0.3) is 0 Å². The van der Waals surface area contributed by atoms with E-state index in [1.807, 2.05) is 12.5 Å². The molecule has 0 saturated carbocycles. The third-order valence-corrected chi connectivity index (χ3v) is 1.77. The number of aromatic nitrogens is 2. The van der Waals surface area contributed by atoms with Gasteiger partial charge in [-0.05, 0) is 5.92 Å². The van der Waals surface area contributed by atoms with Crippen LogP contribution in [0.2, 0.25) is 0 Å². The maximum absolute atomic E-state index is 5.70. The van der Waals surface area contributed by atoms with E-state index in [0.29, 0.717) is 11.8 Å². The molecule has 0 atom stereocenters. The van der Waals surface area contributed by atoms with E-state index >= 15 is 0 Å². The minimum absolute atomic E-state index is 0. The second kappa shape index (κ2) is 5.44. The molecule has 0 N–H and O–H groups in total. The third kappa shape index (κ3) is 3.03. The molecule has 2 nitrogen and oxygen atoms in total. The molecular weight excluding hydrogens is 195 g/mol. The fourth-order valence-corrected chi connectivity index (χ4v) is 1.24. The summed E-state index contributed by atoms with van der Waals surface area (Å²) in [7, 11) is 0. The molecule has 4 heteroatoms. The zero-order valence-corrected chi connectivity index (χ0v) is 8.90. The Morgan fingerprint density at radius 1 is 1.58 bits per heavy atom. The second-order valence-corrected chi connectivity index (χ2v) is 3.33. The highest BCUT2D eigenvalue weighted by Gasteiger charge is 2.01. The Hall–Kier alpha value is -0.210. The molecule has 0 fully saturated rings. The molecule has 0 amide bonds. The largest absolute Gasteiger partial charge is 0.333 e. The van der Waals surface area contributed by atoms with E-state index in [1.165, 1.54) is 0 Å². The first-order chi connectivity index (χ1) is 5.24. The summed E-state index contributed by atoms with van der Waals surface area (Å²) in [6.07, 6.45) is 3.65. The van der Waals surface area contributed by atoms with E-state index in [2.05, 4.69) is 23.4 Å². The number of hydrogen-bond acceptors (Lipinski definition) is 1. The first-order valence-corrected chi connectivity index (χ1v) is 4.32. The Labute approximate surface area is 84.4 Å². The van der Waals surface area contributed by atoms with Crippen molar-refractivity contribution in [3.63, 3.8) is 0 Å². The smallest absolute Gasteiger partial charge is 0.0948 e. The zero-order chi connectivity index (χ0) is 8.27. The Bertz CT molecular complexity index is 221. The van der Waals surface area contributed by atoms with Gasteiger partial charge in [0.2, 0.25) is 0 Å². The SMILES string of the molecule is CC(C)Cn1cncc1CCl.Cl. The first-order valence-electron chi connectivity index (χ1n) is 3.79. The molecule has 0 radical (unpaired) electrons. The summed E-state index contributed by atoms with van der Waals surface area (Å²) in [5, 5.41) is 0. The Balaban J connectivity index is 0.00000121. The summed E-state index contributed by atoms with van der Waals surface area (Å²) in [6, 6.07) is 0. The van der Waals surface area contributed by atoms with Crippen molar-refractivity contribution in [1.29, 1.82) is 0 Å². The van der Waals surface area contributed by atoms with Crippen LogP contribution in [0.1, 0.15) is 19.5 Å². The predicted molar refractivity (Wildman–Crippen MR) is 53.9 cm³/mol.